The molecule has 5 heteroatoms. The quantitative estimate of drug-likeness (QED) is 0.269. The van der Waals surface area contributed by atoms with Gasteiger partial charge >= 0.3 is 8.61 Å². The van der Waals surface area contributed by atoms with Gasteiger partial charge in [0.2, 0.25) is 0 Å². The molecule has 0 bridgehead atoms. The van der Waals surface area contributed by atoms with Crippen LogP contribution in [0.2, 0.25) is 0 Å². The molecule has 0 N–H and O–H groups in total. The summed E-state index contributed by atoms with van der Waals surface area (Å²) in [6, 6.07) is 0. The molecule has 0 aromatic rings. The van der Waals surface area contributed by atoms with Gasteiger partial charge in [-0.3, -0.25) is 10.1 Å². The van der Waals surface area contributed by atoms with E-state index in [1.54, 1.807) is 0 Å². The lowest BCUT2D eigenvalue weighted by Gasteiger charge is -1.57. The third kappa shape index (κ3) is 3.50. The lowest BCUT2D eigenvalue weighted by Crippen LogP contribution is -1.67. The van der Waals surface area contributed by atoms with Crippen LogP contribution >= 0.6 is 8.61 Å². The van der Waals surface area contributed by atoms with Crippen LogP contribution in [0.1, 0.15) is 0 Å². The maximum absolute atomic E-state index is 8.90. The second-order valence-electron chi connectivity index (χ2n) is 0.319. The maximum Gasteiger partial charge on any atom is 0.576 e. The highest BCUT2D eigenvalue weighted by atomic mass is 31.1. The summed E-state index contributed by atoms with van der Waals surface area (Å²) in [5, 5.41) is 8.85. The number of nitrogens with zero attached hydrogens (tertiary/aromatic N) is 1. The van der Waals surface area contributed by atoms with E-state index >= 15 is 0 Å². The Balaban J connectivity index is 3.20. The van der Waals surface area contributed by atoms with Crippen LogP contribution in [-0.2, 0) is 4.57 Å². The number of hydrogen-bond acceptors (Lipinski definition) is 3. The Morgan fingerprint density at radius 2 is 2.00 bits per heavy atom. The Labute approximate surface area is 29.2 Å². The molecular formula is NO3P. The first-order valence-corrected chi connectivity index (χ1v) is 1.51. The average molecular weight is 93.0 g/mol. The van der Waals surface area contributed by atoms with E-state index in [1.165, 1.54) is 0 Å². The predicted octanol–water partition coefficient (Wildman–Crippen LogP) is 0.470. The third-order valence-corrected chi connectivity index (χ3v) is 0.200. The third-order valence-electron chi connectivity index (χ3n) is 0.0667. The van der Waals surface area contributed by atoms with Gasteiger partial charge in [-0.05, 0) is 0 Å². The first kappa shape index (κ1) is 4.50. The summed E-state index contributed by atoms with van der Waals surface area (Å²) < 4.78 is 7.94. The van der Waals surface area contributed by atoms with Gasteiger partial charge < -0.3 is 0 Å². The molecular weight excluding hydrogens is 93.0 g/mol. The normalized spacial score (nSPS) is 8.00. The van der Waals surface area contributed by atoms with Gasteiger partial charge in [-0.25, -0.2) is 0 Å². The zero-order chi connectivity index (χ0) is 4.28. The van der Waals surface area contributed by atoms with Crippen molar-refractivity contribution < 1.29 is 9.26 Å². The van der Waals surface area contributed by atoms with Gasteiger partial charge in [0.25, 0.3) is 0 Å². The molecule has 0 radical (unpaired) electrons. The maximum atomic E-state index is 8.90. The highest BCUT2D eigenvalue weighted by Crippen LogP contribution is 1.85. The molecule has 0 aliphatic rings. The zero-order valence-electron chi connectivity index (χ0n) is 2.12. The van der Waals surface area contributed by atoms with E-state index in [9.17, 15) is 0 Å². The van der Waals surface area contributed by atoms with Gasteiger partial charge in [0, 0.05) is 0 Å². The van der Waals surface area contributed by atoms with Gasteiger partial charge in [0.1, 0.15) is 4.69 Å². The minimum Gasteiger partial charge on any atom is -0.254 e. The second-order valence-corrected chi connectivity index (χ2v) is 0.809. The molecule has 28 valence electrons. The van der Waals surface area contributed by atoms with Gasteiger partial charge in [0.15, 0.2) is 0 Å². The molecule has 0 saturated heterocycles. The van der Waals surface area contributed by atoms with Crippen molar-refractivity contribution in [1.82, 2.24) is 0 Å². The Morgan fingerprint density at radius 1 is 1.80 bits per heavy atom. The van der Waals surface area contributed by atoms with Crippen molar-refractivity contribution in [3.05, 3.63) is 10.1 Å². The molecule has 0 unspecified atom stereocenters. The van der Waals surface area contributed by atoms with E-state index in [2.05, 4.69) is 0 Å². The van der Waals surface area contributed by atoms with Crippen molar-refractivity contribution in [3.63, 3.8) is 0 Å². The summed E-state index contributed by atoms with van der Waals surface area (Å²) in [5.74, 6) is 0. The van der Waals surface area contributed by atoms with Crippen LogP contribution in [0, 0.1) is 10.1 Å². The van der Waals surface area contributed by atoms with Crippen molar-refractivity contribution in [1.29, 1.82) is 0 Å². The van der Waals surface area contributed by atoms with E-state index in [1.807, 2.05) is 0 Å². The fourth-order valence-electron chi connectivity index (χ4n) is 0. The zero-order valence-corrected chi connectivity index (χ0v) is 3.01. The van der Waals surface area contributed by atoms with Gasteiger partial charge in [0.05, 0.1) is 0 Å². The lowest BCUT2D eigenvalue weighted by atomic mass is 13.4. The fourth-order valence-corrected chi connectivity index (χ4v) is 0. The second kappa shape index (κ2) is 1.79. The van der Waals surface area contributed by atoms with Gasteiger partial charge in [-0.15, -0.1) is 0 Å². The fraction of sp³-hybridized carbons (Fsp3) is 0. The lowest BCUT2D eigenvalue weighted by molar-refractivity contribution is -0.298. The number of hydrogen-bond donors (Lipinski definition) is 0. The molecule has 0 amide bonds. The van der Waals surface area contributed by atoms with Crippen molar-refractivity contribution in [2.24, 2.45) is 0 Å². The Morgan fingerprint density at radius 3 is 2.00 bits per heavy atom. The Hall–Kier alpha value is -0.500. The summed E-state index contributed by atoms with van der Waals surface area (Å²) in [4.78, 5) is 8.85. The van der Waals surface area contributed by atoms with E-state index in [-0.39, 0.29) is 0 Å². The summed E-state index contributed by atoms with van der Waals surface area (Å²) in [7, 11) is -1.03. The topological polar surface area (TPSA) is 60.2 Å². The molecule has 5 heavy (non-hydrogen) atoms. The van der Waals surface area contributed by atoms with Crippen LogP contribution in [0.5, 0.6) is 0 Å². The molecule has 0 aromatic carbocycles. The monoisotopic (exact) mass is 93.0 g/mol. The molecule has 0 aliphatic carbocycles. The van der Waals surface area contributed by atoms with Gasteiger partial charge in [-0.2, -0.15) is 4.57 Å². The van der Waals surface area contributed by atoms with Crippen LogP contribution in [0.3, 0.4) is 0 Å². The summed E-state index contributed by atoms with van der Waals surface area (Å²) in [6.45, 7) is 0. The highest BCUT2D eigenvalue weighted by molar-refractivity contribution is 7.15. The Kier molecular flexibility index (Phi) is 1.61. The molecule has 0 spiro atoms. The SMILES string of the molecule is O=P[N+](=O)[O-]. The molecule has 0 saturated carbocycles. The number of rotatable bonds is 1. The van der Waals surface area contributed by atoms with E-state index in [0.717, 1.165) is 0 Å². The van der Waals surface area contributed by atoms with Crippen LogP contribution in [0.4, 0.5) is 0 Å². The molecule has 0 heterocycles. The molecule has 0 atom stereocenters. The van der Waals surface area contributed by atoms with Crippen molar-refractivity contribution in [2.45, 2.75) is 0 Å². The average Bonchev–Trinajstić information content (AvgIpc) is 1.38. The van der Waals surface area contributed by atoms with E-state index < -0.39 is 13.3 Å². The van der Waals surface area contributed by atoms with Gasteiger partial charge in [-0.1, -0.05) is 0 Å². The minimum atomic E-state index is -1.03. The number of nitro groups is 1. The van der Waals surface area contributed by atoms with Crippen LogP contribution in [0.15, 0.2) is 0 Å². The van der Waals surface area contributed by atoms with E-state index in [4.69, 9.17) is 14.7 Å². The molecule has 0 fully saturated rings. The van der Waals surface area contributed by atoms with Crippen molar-refractivity contribution in [3.8, 4) is 0 Å². The summed E-state index contributed by atoms with van der Waals surface area (Å²) in [5.41, 5.74) is 0. The Bertz CT molecular complexity index is 57.9. The standard InChI is InChI=1S/NO3P/c2-1(3)5-4. The molecule has 4 nitrogen and oxygen atoms in total. The first-order valence-electron chi connectivity index (χ1n) is 0.748. The first-order chi connectivity index (χ1) is 2.27. The molecule has 0 rings (SSSR count). The van der Waals surface area contributed by atoms with Crippen LogP contribution in [-0.4, -0.2) is 4.69 Å². The van der Waals surface area contributed by atoms with Crippen molar-refractivity contribution in [2.75, 3.05) is 0 Å². The van der Waals surface area contributed by atoms with Crippen LogP contribution < -0.4 is 0 Å². The highest BCUT2D eigenvalue weighted by Gasteiger charge is 1.83. The van der Waals surface area contributed by atoms with E-state index in [0.29, 0.717) is 0 Å². The largest absolute Gasteiger partial charge is 0.576 e. The minimum absolute atomic E-state index is 0.958. The summed E-state index contributed by atoms with van der Waals surface area (Å²) >= 11 is 0. The van der Waals surface area contributed by atoms with Crippen molar-refractivity contribution >= 4 is 8.61 Å². The molecule has 0 aliphatic heterocycles. The predicted molar refractivity (Wildman–Crippen MR) is 14.6 cm³/mol. The smallest absolute Gasteiger partial charge is 0.254 e. The van der Waals surface area contributed by atoms with Crippen LogP contribution in [0.25, 0.3) is 0 Å². The summed E-state index contributed by atoms with van der Waals surface area (Å²) in [6.07, 6.45) is 0. The molecule has 0 aromatic heterocycles.